The van der Waals surface area contributed by atoms with E-state index in [4.69, 9.17) is 10.5 Å². The number of ether oxygens (including phenoxy) is 1. The van der Waals surface area contributed by atoms with Crippen molar-refractivity contribution in [2.24, 2.45) is 11.7 Å². The van der Waals surface area contributed by atoms with Crippen molar-refractivity contribution in [3.8, 4) is 11.5 Å². The van der Waals surface area contributed by atoms with E-state index in [1.807, 2.05) is 0 Å². The average Bonchev–Trinajstić information content (AvgIpc) is 2.32. The van der Waals surface area contributed by atoms with Crippen LogP contribution in [0, 0.1) is 5.92 Å². The second-order valence-corrected chi connectivity index (χ2v) is 4.22. The summed E-state index contributed by atoms with van der Waals surface area (Å²) in [5, 5.41) is 19.1. The first kappa shape index (κ1) is 14.1. The van der Waals surface area contributed by atoms with E-state index >= 15 is 0 Å². The molecule has 1 aromatic carbocycles. The summed E-state index contributed by atoms with van der Waals surface area (Å²) < 4.78 is 5.27. The topological polar surface area (TPSA) is 75.7 Å². The van der Waals surface area contributed by atoms with Gasteiger partial charge in [-0.25, -0.2) is 0 Å². The van der Waals surface area contributed by atoms with Gasteiger partial charge in [-0.2, -0.15) is 0 Å². The molecule has 1 aliphatic heterocycles. The van der Waals surface area contributed by atoms with Gasteiger partial charge >= 0.3 is 0 Å². The number of phenolic OH excluding ortho intramolecular Hbond substituents is 2. The predicted molar refractivity (Wildman–Crippen MR) is 67.5 cm³/mol. The maximum atomic E-state index is 9.71. The van der Waals surface area contributed by atoms with Gasteiger partial charge in [0.2, 0.25) is 0 Å². The van der Waals surface area contributed by atoms with Crippen LogP contribution >= 0.6 is 12.4 Å². The second kappa shape index (κ2) is 6.10. The highest BCUT2D eigenvalue weighted by molar-refractivity contribution is 5.85. The Hall–Kier alpha value is -0.970. The number of nitrogens with two attached hydrogens (primary N) is 1. The summed E-state index contributed by atoms with van der Waals surface area (Å²) in [5.41, 5.74) is 6.73. The maximum Gasteiger partial charge on any atom is 0.120 e. The van der Waals surface area contributed by atoms with Gasteiger partial charge in [0.1, 0.15) is 11.5 Å². The molecule has 0 aliphatic carbocycles. The van der Waals surface area contributed by atoms with Crippen LogP contribution in [0.5, 0.6) is 11.5 Å². The van der Waals surface area contributed by atoms with Gasteiger partial charge in [-0.05, 0) is 37.0 Å². The zero-order chi connectivity index (χ0) is 11.5. The van der Waals surface area contributed by atoms with Crippen LogP contribution < -0.4 is 5.73 Å². The Balaban J connectivity index is 0.00000144. The van der Waals surface area contributed by atoms with Crippen molar-refractivity contribution in [1.29, 1.82) is 0 Å². The molecule has 1 fully saturated rings. The fraction of sp³-hybridized carbons (Fsp3) is 0.500. The first-order valence-electron chi connectivity index (χ1n) is 5.53. The van der Waals surface area contributed by atoms with Crippen LogP contribution in [0.15, 0.2) is 18.2 Å². The molecule has 5 heteroatoms. The first-order valence-corrected chi connectivity index (χ1v) is 5.53. The number of phenols is 2. The van der Waals surface area contributed by atoms with Crippen LogP contribution in [0.2, 0.25) is 0 Å². The number of halogens is 1. The van der Waals surface area contributed by atoms with E-state index in [2.05, 4.69) is 0 Å². The number of hydrogen-bond donors (Lipinski definition) is 3. The Kier molecular flexibility index (Phi) is 5.05. The molecule has 1 aliphatic rings. The number of hydrogen-bond acceptors (Lipinski definition) is 4. The largest absolute Gasteiger partial charge is 0.508 e. The highest BCUT2D eigenvalue weighted by Crippen LogP contribution is 2.34. The molecule has 2 rings (SSSR count). The Morgan fingerprint density at radius 2 is 1.88 bits per heavy atom. The molecule has 96 valence electrons. The van der Waals surface area contributed by atoms with Gasteiger partial charge in [-0.3, -0.25) is 0 Å². The molecule has 0 saturated carbocycles. The highest BCUT2D eigenvalue weighted by Gasteiger charge is 2.24. The third-order valence-electron chi connectivity index (χ3n) is 3.14. The van der Waals surface area contributed by atoms with Crippen LogP contribution in [0.1, 0.15) is 24.4 Å². The Labute approximate surface area is 107 Å². The zero-order valence-corrected chi connectivity index (χ0v) is 10.3. The zero-order valence-electron chi connectivity index (χ0n) is 9.50. The molecular weight excluding hydrogens is 242 g/mol. The summed E-state index contributed by atoms with van der Waals surface area (Å²) in [7, 11) is 0. The lowest BCUT2D eigenvalue weighted by molar-refractivity contribution is 0.0581. The van der Waals surface area contributed by atoms with Gasteiger partial charge in [0.15, 0.2) is 0 Å². The third kappa shape index (κ3) is 3.25. The van der Waals surface area contributed by atoms with E-state index in [-0.39, 0.29) is 29.9 Å². The van der Waals surface area contributed by atoms with Crippen molar-refractivity contribution in [1.82, 2.24) is 0 Å². The lowest BCUT2D eigenvalue weighted by atomic mass is 9.87. The molecular formula is C12H18ClNO3. The number of rotatable bonds is 2. The van der Waals surface area contributed by atoms with E-state index in [1.54, 1.807) is 0 Å². The Morgan fingerprint density at radius 1 is 1.24 bits per heavy atom. The highest BCUT2D eigenvalue weighted by atomic mass is 35.5. The minimum atomic E-state index is -0.240. The monoisotopic (exact) mass is 259 g/mol. The van der Waals surface area contributed by atoms with E-state index in [1.165, 1.54) is 18.2 Å². The normalized spacial score (nSPS) is 18.4. The molecule has 0 unspecified atom stereocenters. The number of aromatic hydroxyl groups is 2. The molecule has 1 heterocycles. The van der Waals surface area contributed by atoms with Gasteiger partial charge in [-0.15, -0.1) is 12.4 Å². The van der Waals surface area contributed by atoms with Crippen LogP contribution in [-0.2, 0) is 4.74 Å². The molecule has 0 amide bonds. The number of benzene rings is 1. The van der Waals surface area contributed by atoms with Crippen molar-refractivity contribution in [2.75, 3.05) is 13.2 Å². The van der Waals surface area contributed by atoms with Crippen LogP contribution in [0.4, 0.5) is 0 Å². The molecule has 0 aromatic heterocycles. The van der Waals surface area contributed by atoms with Crippen LogP contribution in [0.25, 0.3) is 0 Å². The Morgan fingerprint density at radius 3 is 2.53 bits per heavy atom. The molecule has 4 N–H and O–H groups in total. The fourth-order valence-corrected chi connectivity index (χ4v) is 2.14. The lowest BCUT2D eigenvalue weighted by Gasteiger charge is -2.28. The minimum absolute atomic E-state index is 0. The van der Waals surface area contributed by atoms with Crippen molar-refractivity contribution < 1.29 is 14.9 Å². The quantitative estimate of drug-likeness (QED) is 0.710. The Bertz CT molecular complexity index is 367. The van der Waals surface area contributed by atoms with Gasteiger partial charge < -0.3 is 20.7 Å². The van der Waals surface area contributed by atoms with Gasteiger partial charge in [0.05, 0.1) is 0 Å². The second-order valence-electron chi connectivity index (χ2n) is 4.22. The molecule has 0 radical (unpaired) electrons. The standard InChI is InChI=1S/C12H17NO3.ClH/c13-12(8-3-5-16-6-4-8)10-7-9(14)1-2-11(10)15;/h1-2,7-8,12,14-15H,3-6,13H2;1H/t12-;/m0./s1. The van der Waals surface area contributed by atoms with Crippen molar-refractivity contribution in [3.05, 3.63) is 23.8 Å². The maximum absolute atomic E-state index is 9.71. The molecule has 0 bridgehead atoms. The molecule has 1 saturated heterocycles. The molecule has 0 spiro atoms. The van der Waals surface area contributed by atoms with Crippen molar-refractivity contribution in [2.45, 2.75) is 18.9 Å². The van der Waals surface area contributed by atoms with E-state index in [0.29, 0.717) is 11.5 Å². The van der Waals surface area contributed by atoms with Gasteiger partial charge in [-0.1, -0.05) is 0 Å². The lowest BCUT2D eigenvalue weighted by Crippen LogP contribution is -2.27. The minimum Gasteiger partial charge on any atom is -0.508 e. The van der Waals surface area contributed by atoms with Crippen LogP contribution in [-0.4, -0.2) is 23.4 Å². The van der Waals surface area contributed by atoms with E-state index < -0.39 is 0 Å². The van der Waals surface area contributed by atoms with E-state index in [9.17, 15) is 10.2 Å². The van der Waals surface area contributed by atoms with Gasteiger partial charge in [0.25, 0.3) is 0 Å². The summed E-state index contributed by atoms with van der Waals surface area (Å²) in [6, 6.07) is 4.23. The summed E-state index contributed by atoms with van der Waals surface area (Å²) in [5.74, 6) is 0.591. The summed E-state index contributed by atoms with van der Waals surface area (Å²) in [6.07, 6.45) is 1.80. The fourth-order valence-electron chi connectivity index (χ4n) is 2.14. The SMILES string of the molecule is Cl.N[C@H](c1cc(O)ccc1O)C1CCOCC1. The van der Waals surface area contributed by atoms with Crippen molar-refractivity contribution in [3.63, 3.8) is 0 Å². The molecule has 4 nitrogen and oxygen atoms in total. The van der Waals surface area contributed by atoms with E-state index in [0.717, 1.165) is 26.1 Å². The molecule has 1 atom stereocenters. The summed E-state index contributed by atoms with van der Waals surface area (Å²) in [6.45, 7) is 1.44. The molecule has 17 heavy (non-hydrogen) atoms. The third-order valence-corrected chi connectivity index (χ3v) is 3.14. The van der Waals surface area contributed by atoms with Crippen LogP contribution in [0.3, 0.4) is 0 Å². The van der Waals surface area contributed by atoms with Gasteiger partial charge in [0, 0.05) is 24.8 Å². The smallest absolute Gasteiger partial charge is 0.120 e. The predicted octanol–water partition coefficient (Wildman–Crippen LogP) is 1.95. The first-order chi connectivity index (χ1) is 7.68. The summed E-state index contributed by atoms with van der Waals surface area (Å²) >= 11 is 0. The molecule has 1 aromatic rings. The average molecular weight is 260 g/mol. The summed E-state index contributed by atoms with van der Waals surface area (Å²) in [4.78, 5) is 0. The van der Waals surface area contributed by atoms with Crippen molar-refractivity contribution >= 4 is 12.4 Å².